The van der Waals surface area contributed by atoms with E-state index in [1.807, 2.05) is 0 Å². The number of nitro groups is 1. The first-order valence-electron chi connectivity index (χ1n) is 8.71. The van der Waals surface area contributed by atoms with Crippen molar-refractivity contribution in [2.24, 2.45) is 0 Å². The lowest BCUT2D eigenvalue weighted by atomic mass is 10.1. The maximum atomic E-state index is 12.5. The van der Waals surface area contributed by atoms with Crippen LogP contribution in [0.1, 0.15) is 34.8 Å². The minimum absolute atomic E-state index is 0.0886. The highest BCUT2D eigenvalue weighted by atomic mass is 16.6. The molecule has 1 amide bonds. The number of rotatable bonds is 8. The maximum absolute atomic E-state index is 12.5. The summed E-state index contributed by atoms with van der Waals surface area (Å²) < 4.78 is 11.4. The van der Waals surface area contributed by atoms with E-state index >= 15 is 0 Å². The van der Waals surface area contributed by atoms with Crippen LogP contribution in [0, 0.1) is 10.1 Å². The molecule has 0 aliphatic heterocycles. The van der Waals surface area contributed by atoms with Crippen molar-refractivity contribution in [1.82, 2.24) is 15.1 Å². The lowest BCUT2D eigenvalue weighted by Gasteiger charge is -2.11. The van der Waals surface area contributed by atoms with Gasteiger partial charge in [-0.1, -0.05) is 0 Å². The van der Waals surface area contributed by atoms with Crippen molar-refractivity contribution >= 4 is 11.6 Å². The molecule has 0 unspecified atom stereocenters. The molecule has 1 aromatic heterocycles. The Morgan fingerprint density at radius 1 is 1.29 bits per heavy atom. The number of ether oxygens (including phenoxy) is 2. The zero-order valence-corrected chi connectivity index (χ0v) is 15.5. The van der Waals surface area contributed by atoms with Crippen molar-refractivity contribution in [3.05, 3.63) is 56.0 Å². The van der Waals surface area contributed by atoms with E-state index in [-0.39, 0.29) is 35.7 Å². The van der Waals surface area contributed by atoms with Crippen LogP contribution in [0.3, 0.4) is 0 Å². The van der Waals surface area contributed by atoms with E-state index in [9.17, 15) is 19.7 Å². The fourth-order valence-corrected chi connectivity index (χ4v) is 2.79. The van der Waals surface area contributed by atoms with Gasteiger partial charge in [0.25, 0.3) is 17.2 Å². The van der Waals surface area contributed by atoms with E-state index in [0.29, 0.717) is 5.92 Å². The zero-order chi connectivity index (χ0) is 20.3. The molecule has 28 heavy (non-hydrogen) atoms. The number of amides is 1. The fourth-order valence-electron chi connectivity index (χ4n) is 2.79. The number of methoxy groups -OCH3 is 2. The number of hydrogen-bond donors (Lipinski definition) is 1. The average Bonchev–Trinajstić information content (AvgIpc) is 3.53. The van der Waals surface area contributed by atoms with Crippen LogP contribution in [0.5, 0.6) is 11.5 Å². The molecule has 1 saturated carbocycles. The van der Waals surface area contributed by atoms with Gasteiger partial charge in [0.1, 0.15) is 5.56 Å². The Bertz CT molecular complexity index is 967. The maximum Gasteiger partial charge on any atom is 0.286 e. The molecule has 148 valence electrons. The van der Waals surface area contributed by atoms with Gasteiger partial charge in [0.05, 0.1) is 37.4 Å². The van der Waals surface area contributed by atoms with Crippen LogP contribution in [0.2, 0.25) is 0 Å². The first-order chi connectivity index (χ1) is 13.4. The van der Waals surface area contributed by atoms with Crippen LogP contribution < -0.4 is 20.3 Å². The third-order valence-corrected chi connectivity index (χ3v) is 4.44. The second-order valence-electron chi connectivity index (χ2n) is 6.33. The summed E-state index contributed by atoms with van der Waals surface area (Å²) >= 11 is 0. The highest BCUT2D eigenvalue weighted by molar-refractivity contribution is 5.99. The van der Waals surface area contributed by atoms with Gasteiger partial charge in [-0.25, -0.2) is 4.68 Å². The predicted octanol–water partition coefficient (Wildman–Crippen LogP) is 1.48. The second kappa shape index (κ2) is 8.07. The minimum atomic E-state index is -0.665. The Kier molecular flexibility index (Phi) is 5.57. The molecule has 0 saturated heterocycles. The van der Waals surface area contributed by atoms with Gasteiger partial charge >= 0.3 is 0 Å². The lowest BCUT2D eigenvalue weighted by molar-refractivity contribution is -0.385. The van der Waals surface area contributed by atoms with Crippen LogP contribution in [-0.4, -0.2) is 41.4 Å². The topological polar surface area (TPSA) is 126 Å². The van der Waals surface area contributed by atoms with Crippen molar-refractivity contribution in [3.8, 4) is 11.5 Å². The van der Waals surface area contributed by atoms with E-state index in [2.05, 4.69) is 10.4 Å². The van der Waals surface area contributed by atoms with Gasteiger partial charge in [-0.2, -0.15) is 5.10 Å². The molecule has 1 heterocycles. The molecule has 1 aliphatic rings. The number of benzene rings is 1. The molecule has 1 aromatic carbocycles. The first-order valence-corrected chi connectivity index (χ1v) is 8.71. The van der Waals surface area contributed by atoms with Gasteiger partial charge in [0.15, 0.2) is 11.5 Å². The molecule has 1 fully saturated rings. The molecule has 2 aromatic rings. The number of nitrogens with zero attached hydrogens (tertiary/aromatic N) is 3. The van der Waals surface area contributed by atoms with Crippen molar-refractivity contribution in [2.75, 3.05) is 20.8 Å². The van der Waals surface area contributed by atoms with Crippen molar-refractivity contribution < 1.29 is 19.2 Å². The Hall–Kier alpha value is -3.43. The summed E-state index contributed by atoms with van der Waals surface area (Å²) in [6.07, 6.45) is 2.12. The minimum Gasteiger partial charge on any atom is -0.493 e. The second-order valence-corrected chi connectivity index (χ2v) is 6.33. The first kappa shape index (κ1) is 19.3. The van der Waals surface area contributed by atoms with Crippen molar-refractivity contribution in [2.45, 2.75) is 25.3 Å². The number of carbonyl (C=O) groups is 1. The summed E-state index contributed by atoms with van der Waals surface area (Å²) in [6, 6.07) is 5.58. The molecule has 0 atom stereocenters. The number of hydrogen-bond acceptors (Lipinski definition) is 7. The van der Waals surface area contributed by atoms with E-state index in [1.165, 1.54) is 31.0 Å². The summed E-state index contributed by atoms with van der Waals surface area (Å²) in [7, 11) is 2.72. The summed E-state index contributed by atoms with van der Waals surface area (Å²) in [5.41, 5.74) is 0.0352. The third kappa shape index (κ3) is 4.11. The SMILES string of the molecule is COc1cc(C(=O)NCCn2nc(C3CC3)ccc2=O)c([N+](=O)[O-])cc1OC. The molecular formula is C18H20N4O6. The molecule has 0 spiro atoms. The van der Waals surface area contributed by atoms with E-state index < -0.39 is 16.5 Å². The van der Waals surface area contributed by atoms with E-state index in [1.54, 1.807) is 6.07 Å². The van der Waals surface area contributed by atoms with Crippen LogP contribution in [0.4, 0.5) is 5.69 Å². The summed E-state index contributed by atoms with van der Waals surface area (Å²) in [5, 5.41) is 18.2. The quantitative estimate of drug-likeness (QED) is 0.536. The number of nitro benzene ring substituents is 1. The lowest BCUT2D eigenvalue weighted by Crippen LogP contribution is -2.32. The molecular weight excluding hydrogens is 368 g/mol. The third-order valence-electron chi connectivity index (χ3n) is 4.44. The largest absolute Gasteiger partial charge is 0.493 e. The van der Waals surface area contributed by atoms with Gasteiger partial charge in [0.2, 0.25) is 0 Å². The molecule has 3 rings (SSSR count). The van der Waals surface area contributed by atoms with Gasteiger partial charge < -0.3 is 14.8 Å². The van der Waals surface area contributed by atoms with Gasteiger partial charge in [-0.05, 0) is 18.9 Å². The van der Waals surface area contributed by atoms with Gasteiger partial charge in [-0.3, -0.25) is 19.7 Å². The van der Waals surface area contributed by atoms with Gasteiger partial charge in [0, 0.05) is 24.6 Å². The predicted molar refractivity (Wildman–Crippen MR) is 99.0 cm³/mol. The average molecular weight is 388 g/mol. The molecule has 0 radical (unpaired) electrons. The molecule has 10 heteroatoms. The number of aromatic nitrogens is 2. The summed E-state index contributed by atoms with van der Waals surface area (Å²) in [4.78, 5) is 35.1. The van der Waals surface area contributed by atoms with Gasteiger partial charge in [-0.15, -0.1) is 0 Å². The van der Waals surface area contributed by atoms with Crippen LogP contribution in [0.15, 0.2) is 29.1 Å². The Balaban J connectivity index is 1.73. The smallest absolute Gasteiger partial charge is 0.286 e. The Morgan fingerprint density at radius 2 is 1.96 bits per heavy atom. The van der Waals surface area contributed by atoms with E-state index in [0.717, 1.165) is 24.6 Å². The van der Waals surface area contributed by atoms with Crippen LogP contribution in [-0.2, 0) is 6.54 Å². The van der Waals surface area contributed by atoms with Crippen LogP contribution >= 0.6 is 0 Å². The molecule has 0 bridgehead atoms. The molecule has 10 nitrogen and oxygen atoms in total. The highest BCUT2D eigenvalue weighted by Gasteiger charge is 2.26. The Morgan fingerprint density at radius 3 is 2.57 bits per heavy atom. The monoisotopic (exact) mass is 388 g/mol. The van der Waals surface area contributed by atoms with Crippen LogP contribution in [0.25, 0.3) is 0 Å². The normalized spacial score (nSPS) is 13.1. The van der Waals surface area contributed by atoms with Crippen molar-refractivity contribution in [1.29, 1.82) is 0 Å². The fraction of sp³-hybridized carbons (Fsp3) is 0.389. The Labute approximate surface area is 160 Å². The molecule has 1 aliphatic carbocycles. The number of nitrogens with one attached hydrogen (secondary N) is 1. The van der Waals surface area contributed by atoms with Crippen molar-refractivity contribution in [3.63, 3.8) is 0 Å². The summed E-state index contributed by atoms with van der Waals surface area (Å²) in [5.74, 6) is 0.0987. The molecule has 1 N–H and O–H groups in total. The highest BCUT2D eigenvalue weighted by Crippen LogP contribution is 2.38. The zero-order valence-electron chi connectivity index (χ0n) is 15.5. The van der Waals surface area contributed by atoms with E-state index in [4.69, 9.17) is 9.47 Å². The summed E-state index contributed by atoms with van der Waals surface area (Å²) in [6.45, 7) is 0.248. The standard InChI is InChI=1S/C18H20N4O6/c1-27-15-9-12(14(22(25)26)10-16(15)28-2)18(24)19-7-8-21-17(23)6-5-13(20-21)11-3-4-11/h5-6,9-11H,3-4,7-8H2,1-2H3,(H,19,24). The number of carbonyl (C=O) groups excluding carboxylic acids is 1.